The van der Waals surface area contributed by atoms with Crippen molar-refractivity contribution in [1.82, 2.24) is 0 Å². The normalized spacial score (nSPS) is 27.2. The number of carbonyl (C=O) groups is 2. The van der Waals surface area contributed by atoms with Gasteiger partial charge in [-0.05, 0) is 18.8 Å². The molecule has 0 amide bonds. The molecule has 2 atom stereocenters. The fraction of sp³-hybridized carbons (Fsp3) is 0.556. The lowest BCUT2D eigenvalue weighted by atomic mass is 9.90. The molecule has 1 aliphatic carbocycles. The summed E-state index contributed by atoms with van der Waals surface area (Å²) in [4.78, 5) is 21.0. The van der Waals surface area contributed by atoms with Crippen LogP contribution >= 0.6 is 0 Å². The Morgan fingerprint density at radius 1 is 1.31 bits per heavy atom. The highest BCUT2D eigenvalue weighted by Crippen LogP contribution is 2.20. The Kier molecular flexibility index (Phi) is 3.19. The predicted octanol–water partition coefficient (Wildman–Crippen LogP) is 0.357. The second-order valence-electron chi connectivity index (χ2n) is 3.22. The van der Waals surface area contributed by atoms with E-state index in [2.05, 4.69) is 0 Å². The maximum Gasteiger partial charge on any atom is 0.372 e. The number of aliphatic hydroxyl groups excluding tert-OH is 1. The van der Waals surface area contributed by atoms with Gasteiger partial charge in [-0.25, -0.2) is 4.79 Å². The van der Waals surface area contributed by atoms with Crippen molar-refractivity contribution in [2.75, 3.05) is 0 Å². The van der Waals surface area contributed by atoms with Crippen LogP contribution < -0.4 is 0 Å². The summed E-state index contributed by atoms with van der Waals surface area (Å²) in [7, 11) is 0. The van der Waals surface area contributed by atoms with E-state index in [4.69, 9.17) is 10.2 Å². The maximum absolute atomic E-state index is 10.8. The van der Waals surface area contributed by atoms with Gasteiger partial charge in [-0.3, -0.25) is 4.79 Å². The van der Waals surface area contributed by atoms with Gasteiger partial charge in [0.2, 0.25) is 5.78 Å². The van der Waals surface area contributed by atoms with Gasteiger partial charge < -0.3 is 10.2 Å². The maximum atomic E-state index is 10.8. The summed E-state index contributed by atoms with van der Waals surface area (Å²) in [6.45, 7) is 0. The van der Waals surface area contributed by atoms with Gasteiger partial charge >= 0.3 is 5.97 Å². The SMILES string of the molecule is O=C(O)C(=O)C[C@H]1C=C[C@H](O)CC1. The molecular formula is C9H12O4. The molecule has 0 fully saturated rings. The van der Waals surface area contributed by atoms with E-state index in [0.717, 1.165) is 0 Å². The first-order chi connectivity index (χ1) is 6.09. The minimum atomic E-state index is -1.38. The zero-order chi connectivity index (χ0) is 9.84. The number of ketones is 1. The number of aliphatic carboxylic acids is 1. The monoisotopic (exact) mass is 184 g/mol. The Hall–Kier alpha value is -1.16. The molecule has 1 rings (SSSR count). The van der Waals surface area contributed by atoms with Crippen molar-refractivity contribution in [3.8, 4) is 0 Å². The van der Waals surface area contributed by atoms with Crippen molar-refractivity contribution in [2.24, 2.45) is 5.92 Å². The molecule has 0 unspecified atom stereocenters. The smallest absolute Gasteiger partial charge is 0.372 e. The van der Waals surface area contributed by atoms with Gasteiger partial charge in [0.05, 0.1) is 6.10 Å². The van der Waals surface area contributed by atoms with Crippen LogP contribution in [0.4, 0.5) is 0 Å². The Bertz CT molecular complexity index is 244. The first kappa shape index (κ1) is 9.92. The molecule has 0 saturated heterocycles. The van der Waals surface area contributed by atoms with Gasteiger partial charge in [0, 0.05) is 6.42 Å². The van der Waals surface area contributed by atoms with Crippen LogP contribution in [0.5, 0.6) is 0 Å². The third-order valence-electron chi connectivity index (χ3n) is 2.12. The number of rotatable bonds is 3. The molecule has 0 aliphatic heterocycles. The number of carboxylic acids is 1. The lowest BCUT2D eigenvalue weighted by Crippen LogP contribution is -2.19. The first-order valence-corrected chi connectivity index (χ1v) is 4.22. The quantitative estimate of drug-likeness (QED) is 0.490. The van der Waals surface area contributed by atoms with Gasteiger partial charge in [0.15, 0.2) is 0 Å². The lowest BCUT2D eigenvalue weighted by molar-refractivity contribution is -0.149. The Balaban J connectivity index is 2.43. The number of hydrogen-bond acceptors (Lipinski definition) is 3. The summed E-state index contributed by atoms with van der Waals surface area (Å²) in [5, 5.41) is 17.4. The highest BCUT2D eigenvalue weighted by atomic mass is 16.4. The summed E-state index contributed by atoms with van der Waals surface area (Å²) >= 11 is 0. The number of allylic oxidation sites excluding steroid dienone is 1. The number of carbonyl (C=O) groups excluding carboxylic acids is 1. The molecule has 0 aromatic carbocycles. The van der Waals surface area contributed by atoms with Crippen molar-refractivity contribution in [1.29, 1.82) is 0 Å². The van der Waals surface area contributed by atoms with Crippen molar-refractivity contribution >= 4 is 11.8 Å². The fourth-order valence-electron chi connectivity index (χ4n) is 1.36. The average molecular weight is 184 g/mol. The molecule has 72 valence electrons. The number of hydrogen-bond donors (Lipinski definition) is 2. The van der Waals surface area contributed by atoms with E-state index >= 15 is 0 Å². The second kappa shape index (κ2) is 4.18. The van der Waals surface area contributed by atoms with Crippen LogP contribution in [0.1, 0.15) is 19.3 Å². The summed E-state index contributed by atoms with van der Waals surface area (Å²) in [6, 6.07) is 0. The first-order valence-electron chi connectivity index (χ1n) is 4.22. The van der Waals surface area contributed by atoms with Crippen molar-refractivity contribution < 1.29 is 19.8 Å². The van der Waals surface area contributed by atoms with E-state index in [1.807, 2.05) is 0 Å². The highest BCUT2D eigenvalue weighted by molar-refractivity contribution is 6.32. The molecule has 0 bridgehead atoms. The molecule has 0 saturated carbocycles. The van der Waals surface area contributed by atoms with Crippen LogP contribution in [0.15, 0.2) is 12.2 Å². The van der Waals surface area contributed by atoms with Gasteiger partial charge in [0.25, 0.3) is 0 Å². The Morgan fingerprint density at radius 3 is 2.46 bits per heavy atom. The molecule has 0 radical (unpaired) electrons. The molecule has 2 N–H and O–H groups in total. The highest BCUT2D eigenvalue weighted by Gasteiger charge is 2.20. The van der Waals surface area contributed by atoms with Crippen LogP contribution in [0.3, 0.4) is 0 Å². The molecule has 0 aromatic rings. The zero-order valence-corrected chi connectivity index (χ0v) is 7.14. The minimum Gasteiger partial charge on any atom is -0.476 e. The van der Waals surface area contributed by atoms with Crippen molar-refractivity contribution in [2.45, 2.75) is 25.4 Å². The van der Waals surface area contributed by atoms with Crippen LogP contribution in [0, 0.1) is 5.92 Å². The summed E-state index contributed by atoms with van der Waals surface area (Å²) in [5.41, 5.74) is 0. The number of Topliss-reactive ketones (excluding diaryl/α,β-unsaturated/α-hetero) is 1. The van der Waals surface area contributed by atoms with E-state index in [-0.39, 0.29) is 12.3 Å². The van der Waals surface area contributed by atoms with E-state index in [1.54, 1.807) is 12.2 Å². The van der Waals surface area contributed by atoms with Crippen LogP contribution in [0.2, 0.25) is 0 Å². The molecule has 0 heterocycles. The van der Waals surface area contributed by atoms with Crippen molar-refractivity contribution in [3.05, 3.63) is 12.2 Å². The molecule has 0 aromatic heterocycles. The number of aliphatic hydroxyl groups is 1. The molecule has 4 heteroatoms. The van der Waals surface area contributed by atoms with E-state index in [0.29, 0.717) is 12.8 Å². The van der Waals surface area contributed by atoms with Crippen molar-refractivity contribution in [3.63, 3.8) is 0 Å². The van der Waals surface area contributed by atoms with Gasteiger partial charge in [-0.2, -0.15) is 0 Å². The number of carboxylic acid groups (broad SMARTS) is 1. The molecule has 13 heavy (non-hydrogen) atoms. The topological polar surface area (TPSA) is 74.6 Å². The summed E-state index contributed by atoms with van der Waals surface area (Å²) in [6.07, 6.45) is 4.22. The molecular weight excluding hydrogens is 172 g/mol. The van der Waals surface area contributed by atoms with Crippen LogP contribution in [-0.2, 0) is 9.59 Å². The summed E-state index contributed by atoms with van der Waals surface area (Å²) < 4.78 is 0. The van der Waals surface area contributed by atoms with Gasteiger partial charge in [-0.15, -0.1) is 0 Å². The van der Waals surface area contributed by atoms with E-state index in [1.165, 1.54) is 0 Å². The predicted molar refractivity (Wildman–Crippen MR) is 45.1 cm³/mol. The van der Waals surface area contributed by atoms with Gasteiger partial charge in [-0.1, -0.05) is 12.2 Å². The minimum absolute atomic E-state index is 0.0213. The standard InChI is InChI=1S/C9H12O4/c10-7-3-1-6(2-4-7)5-8(11)9(12)13/h1,3,6-7,10H,2,4-5H2,(H,12,13)/t6-,7-/m0/s1. The molecule has 0 spiro atoms. The van der Waals surface area contributed by atoms with E-state index in [9.17, 15) is 9.59 Å². The Labute approximate surface area is 75.9 Å². The Morgan fingerprint density at radius 2 is 2.00 bits per heavy atom. The fourth-order valence-corrected chi connectivity index (χ4v) is 1.36. The third-order valence-corrected chi connectivity index (χ3v) is 2.12. The summed E-state index contributed by atoms with van der Waals surface area (Å²) in [5.74, 6) is -2.16. The van der Waals surface area contributed by atoms with Crippen LogP contribution in [-0.4, -0.2) is 28.1 Å². The van der Waals surface area contributed by atoms with Gasteiger partial charge in [0.1, 0.15) is 0 Å². The van der Waals surface area contributed by atoms with Crippen LogP contribution in [0.25, 0.3) is 0 Å². The zero-order valence-electron chi connectivity index (χ0n) is 7.14. The lowest BCUT2D eigenvalue weighted by Gasteiger charge is -2.17. The average Bonchev–Trinajstić information content (AvgIpc) is 2.08. The van der Waals surface area contributed by atoms with E-state index < -0.39 is 17.9 Å². The molecule has 1 aliphatic rings. The second-order valence-corrected chi connectivity index (χ2v) is 3.22. The molecule has 4 nitrogen and oxygen atoms in total. The third kappa shape index (κ3) is 2.99. The largest absolute Gasteiger partial charge is 0.476 e.